The molecule has 3 atom stereocenters. The Kier molecular flexibility index (Phi) is 8.90. The molecule has 1 aliphatic rings. The van der Waals surface area contributed by atoms with Crippen molar-refractivity contribution < 1.29 is 18.7 Å². The van der Waals surface area contributed by atoms with E-state index in [1.54, 1.807) is 12.1 Å². The molecule has 0 amide bonds. The minimum absolute atomic E-state index is 0.0569. The van der Waals surface area contributed by atoms with Gasteiger partial charge in [0, 0.05) is 19.5 Å². The second kappa shape index (κ2) is 11.8. The summed E-state index contributed by atoms with van der Waals surface area (Å²) in [4.78, 5) is 2.25. The van der Waals surface area contributed by atoms with Crippen molar-refractivity contribution in [3.05, 3.63) is 107 Å². The molecule has 38 heavy (non-hydrogen) atoms. The highest BCUT2D eigenvalue weighted by molar-refractivity contribution is 6.74. The zero-order valence-electron chi connectivity index (χ0n) is 23.4. The first kappa shape index (κ1) is 28.6. The lowest BCUT2D eigenvalue weighted by molar-refractivity contribution is -0.278. The third-order valence-electron chi connectivity index (χ3n) is 8.12. The molecule has 0 radical (unpaired) electrons. The smallest absolute Gasteiger partial charge is 0.192 e. The molecule has 1 aliphatic heterocycles. The largest absolute Gasteiger partial charge is 0.410 e. The molecule has 3 aromatic carbocycles. The van der Waals surface area contributed by atoms with Crippen molar-refractivity contribution in [1.82, 2.24) is 4.90 Å². The molecule has 1 saturated heterocycles. The molecule has 0 aromatic heterocycles. The van der Waals surface area contributed by atoms with Crippen molar-refractivity contribution in [2.45, 2.75) is 76.2 Å². The summed E-state index contributed by atoms with van der Waals surface area (Å²) in [5, 5.41) is 12.2. The molecular weight excluding hydrogens is 493 g/mol. The van der Waals surface area contributed by atoms with Gasteiger partial charge in [-0.25, -0.2) is 4.39 Å². The predicted octanol–water partition coefficient (Wildman–Crippen LogP) is 7.63. The summed E-state index contributed by atoms with van der Waals surface area (Å²) in [6, 6.07) is 26.5. The average Bonchev–Trinajstić information content (AvgIpc) is 2.88. The fourth-order valence-electron chi connectivity index (χ4n) is 4.98. The topological polar surface area (TPSA) is 41.9 Å². The van der Waals surface area contributed by atoms with Crippen molar-refractivity contribution in [3.63, 3.8) is 0 Å². The van der Waals surface area contributed by atoms with E-state index in [1.165, 1.54) is 12.1 Å². The van der Waals surface area contributed by atoms with E-state index in [0.29, 0.717) is 32.5 Å². The first-order chi connectivity index (χ1) is 18.0. The Bertz CT molecular complexity index is 1150. The summed E-state index contributed by atoms with van der Waals surface area (Å²) in [7, 11) is -2.09. The Morgan fingerprint density at radius 3 is 2.21 bits per heavy atom. The van der Waals surface area contributed by atoms with E-state index in [1.807, 2.05) is 36.4 Å². The van der Waals surface area contributed by atoms with Gasteiger partial charge in [-0.1, -0.05) is 93.6 Å². The summed E-state index contributed by atoms with van der Waals surface area (Å²) < 4.78 is 27.0. The van der Waals surface area contributed by atoms with Gasteiger partial charge in [-0.2, -0.15) is 0 Å². The van der Waals surface area contributed by atoms with Crippen LogP contribution in [0, 0.1) is 5.82 Å². The van der Waals surface area contributed by atoms with Gasteiger partial charge in [0.15, 0.2) is 14.1 Å². The van der Waals surface area contributed by atoms with Gasteiger partial charge in [-0.05, 0) is 53.4 Å². The van der Waals surface area contributed by atoms with Gasteiger partial charge in [-0.3, -0.25) is 4.90 Å². The first-order valence-electron chi connectivity index (χ1n) is 13.6. The molecule has 0 saturated carbocycles. The van der Waals surface area contributed by atoms with Crippen molar-refractivity contribution in [3.8, 4) is 0 Å². The summed E-state index contributed by atoms with van der Waals surface area (Å²) in [6.07, 6.45) is 0.821. The molecule has 4 nitrogen and oxygen atoms in total. The van der Waals surface area contributed by atoms with Crippen LogP contribution < -0.4 is 0 Å². The lowest BCUT2D eigenvalue weighted by atomic mass is 9.89. The number of benzene rings is 3. The van der Waals surface area contributed by atoms with Crippen molar-refractivity contribution in [2.75, 3.05) is 13.2 Å². The molecule has 0 spiro atoms. The zero-order chi connectivity index (χ0) is 27.4. The maximum Gasteiger partial charge on any atom is 0.192 e. The summed E-state index contributed by atoms with van der Waals surface area (Å²) in [5.41, 5.74) is 3.11. The lowest BCUT2D eigenvalue weighted by Gasteiger charge is -2.48. The van der Waals surface area contributed by atoms with Gasteiger partial charge in [0.2, 0.25) is 0 Å². The van der Waals surface area contributed by atoms with E-state index in [9.17, 15) is 9.50 Å². The minimum atomic E-state index is -2.09. The SMILES string of the molecule is CC(C)(C)[Si](C)(C)OC(CC[C@]1(O)OCCN(Cc2ccccc2)C1c1ccc(F)cc1)c1ccccc1. The minimum Gasteiger partial charge on any atom is -0.410 e. The average molecular weight is 536 g/mol. The molecule has 4 rings (SSSR count). The van der Waals surface area contributed by atoms with Crippen LogP contribution in [0.5, 0.6) is 0 Å². The molecule has 2 unspecified atom stereocenters. The van der Waals surface area contributed by atoms with Gasteiger partial charge in [0.25, 0.3) is 0 Å². The number of aliphatic hydroxyl groups is 1. The quantitative estimate of drug-likeness (QED) is 0.286. The fraction of sp³-hybridized carbons (Fsp3) is 0.438. The highest BCUT2D eigenvalue weighted by Crippen LogP contribution is 2.44. The van der Waals surface area contributed by atoms with Crippen LogP contribution >= 0.6 is 0 Å². The van der Waals surface area contributed by atoms with Crippen LogP contribution in [0.1, 0.15) is 62.4 Å². The Hall–Kier alpha value is -2.35. The standard InChI is InChI=1S/C32H42FNO3Si/c1-31(2,3)38(4,5)37-29(26-14-10-7-11-15-26)20-21-32(35)30(27-16-18-28(33)19-17-27)34(22-23-36-32)24-25-12-8-6-9-13-25/h6-19,29-30,35H,20-24H2,1-5H3/t29?,30?,32-/m0/s1. The number of morpholine rings is 1. The number of hydrogen-bond acceptors (Lipinski definition) is 4. The summed E-state index contributed by atoms with van der Waals surface area (Å²) in [6.45, 7) is 13.0. The number of nitrogens with zero attached hydrogens (tertiary/aromatic N) is 1. The zero-order valence-corrected chi connectivity index (χ0v) is 24.4. The summed E-state index contributed by atoms with van der Waals surface area (Å²) >= 11 is 0. The van der Waals surface area contributed by atoms with E-state index in [4.69, 9.17) is 9.16 Å². The third-order valence-corrected chi connectivity index (χ3v) is 12.6. The molecule has 204 valence electrons. The van der Waals surface area contributed by atoms with Crippen LogP contribution in [0.3, 0.4) is 0 Å². The highest BCUT2D eigenvalue weighted by atomic mass is 28.4. The molecule has 1 heterocycles. The molecule has 0 aliphatic carbocycles. The highest BCUT2D eigenvalue weighted by Gasteiger charge is 2.46. The lowest BCUT2D eigenvalue weighted by Crippen LogP contribution is -2.54. The second-order valence-corrected chi connectivity index (χ2v) is 16.7. The maximum atomic E-state index is 13.9. The number of rotatable bonds is 9. The Balaban J connectivity index is 1.64. The Labute approximate surface area is 228 Å². The molecule has 1 fully saturated rings. The van der Waals surface area contributed by atoms with Crippen LogP contribution in [-0.2, 0) is 15.7 Å². The van der Waals surface area contributed by atoms with Crippen molar-refractivity contribution in [2.24, 2.45) is 0 Å². The van der Waals surface area contributed by atoms with Gasteiger partial charge in [0.05, 0.1) is 18.8 Å². The van der Waals surface area contributed by atoms with Crippen LogP contribution in [-0.4, -0.2) is 37.3 Å². The molecule has 6 heteroatoms. The van der Waals surface area contributed by atoms with Gasteiger partial charge in [0.1, 0.15) is 5.82 Å². The van der Waals surface area contributed by atoms with Crippen molar-refractivity contribution in [1.29, 1.82) is 0 Å². The van der Waals surface area contributed by atoms with Crippen molar-refractivity contribution >= 4 is 8.32 Å². The molecule has 3 aromatic rings. The second-order valence-electron chi connectivity index (χ2n) is 11.9. The fourth-order valence-corrected chi connectivity index (χ4v) is 6.30. The molecular formula is C32H42FNO3Si. The van der Waals surface area contributed by atoms with E-state index >= 15 is 0 Å². The van der Waals surface area contributed by atoms with Gasteiger partial charge < -0.3 is 14.3 Å². The van der Waals surface area contributed by atoms with E-state index in [2.05, 4.69) is 63.0 Å². The van der Waals surface area contributed by atoms with Crippen LogP contribution in [0.15, 0.2) is 84.9 Å². The Morgan fingerprint density at radius 2 is 1.61 bits per heavy atom. The normalized spacial score (nSPS) is 21.8. The van der Waals surface area contributed by atoms with Gasteiger partial charge >= 0.3 is 0 Å². The summed E-state index contributed by atoms with van der Waals surface area (Å²) in [5.74, 6) is -1.75. The monoisotopic (exact) mass is 535 g/mol. The van der Waals surface area contributed by atoms with Crippen LogP contribution in [0.25, 0.3) is 0 Å². The number of halogens is 1. The van der Waals surface area contributed by atoms with E-state index < -0.39 is 20.1 Å². The third kappa shape index (κ3) is 6.80. The molecule has 0 bridgehead atoms. The maximum absolute atomic E-state index is 13.9. The van der Waals surface area contributed by atoms with Crippen LogP contribution in [0.4, 0.5) is 4.39 Å². The Morgan fingerprint density at radius 1 is 1.00 bits per heavy atom. The van der Waals surface area contributed by atoms with E-state index in [-0.39, 0.29) is 17.0 Å². The van der Waals surface area contributed by atoms with E-state index in [0.717, 1.165) is 16.7 Å². The predicted molar refractivity (Wildman–Crippen MR) is 154 cm³/mol. The number of hydrogen-bond donors (Lipinski definition) is 1. The van der Waals surface area contributed by atoms with Crippen LogP contribution in [0.2, 0.25) is 18.1 Å². The first-order valence-corrected chi connectivity index (χ1v) is 16.5. The van der Waals surface area contributed by atoms with Gasteiger partial charge in [-0.15, -0.1) is 0 Å². The number of ether oxygens (including phenoxy) is 1. The molecule has 1 N–H and O–H groups in total.